The predicted molar refractivity (Wildman–Crippen MR) is 90.3 cm³/mol. The first-order chi connectivity index (χ1) is 11.2. The highest BCUT2D eigenvalue weighted by Gasteiger charge is 2.31. The zero-order chi connectivity index (χ0) is 16.2. The number of anilines is 1. The first-order valence-corrected chi connectivity index (χ1v) is 8.31. The lowest BCUT2D eigenvalue weighted by atomic mass is 10.2. The summed E-state index contributed by atoms with van der Waals surface area (Å²) in [6.45, 7) is 0.647. The Morgan fingerprint density at radius 1 is 1.26 bits per heavy atom. The lowest BCUT2D eigenvalue weighted by Crippen LogP contribution is -2.34. The molecule has 4 nitrogen and oxygen atoms in total. The van der Waals surface area contributed by atoms with E-state index in [1.807, 2.05) is 12.1 Å². The van der Waals surface area contributed by atoms with Gasteiger partial charge in [-0.1, -0.05) is 24.3 Å². The number of methoxy groups -OCH3 is 1. The second-order valence-corrected chi connectivity index (χ2v) is 6.29. The van der Waals surface area contributed by atoms with Gasteiger partial charge in [0, 0.05) is 12.3 Å². The van der Waals surface area contributed by atoms with Gasteiger partial charge in [-0.25, -0.2) is 9.18 Å². The van der Waals surface area contributed by atoms with Gasteiger partial charge in [-0.2, -0.15) is 0 Å². The van der Waals surface area contributed by atoms with Gasteiger partial charge in [0.05, 0.1) is 12.8 Å². The van der Waals surface area contributed by atoms with Crippen molar-refractivity contribution in [3.8, 4) is 5.75 Å². The fourth-order valence-electron chi connectivity index (χ4n) is 2.52. The fraction of sp³-hybridized carbons (Fsp3) is 0.235. The van der Waals surface area contributed by atoms with Gasteiger partial charge in [-0.05, 0) is 29.8 Å². The summed E-state index contributed by atoms with van der Waals surface area (Å²) in [7, 11) is 1.57. The van der Waals surface area contributed by atoms with Crippen molar-refractivity contribution < 1.29 is 13.9 Å². The summed E-state index contributed by atoms with van der Waals surface area (Å²) in [6.07, 6.45) is 0. The lowest BCUT2D eigenvalue weighted by molar-refractivity contribution is 0.214. The third-order valence-corrected chi connectivity index (χ3v) is 4.92. The van der Waals surface area contributed by atoms with Gasteiger partial charge >= 0.3 is 6.03 Å². The van der Waals surface area contributed by atoms with Crippen LogP contribution in [0.4, 0.5) is 14.9 Å². The smallest absolute Gasteiger partial charge is 0.323 e. The number of urea groups is 1. The zero-order valence-corrected chi connectivity index (χ0v) is 13.5. The van der Waals surface area contributed by atoms with Crippen LogP contribution in [-0.2, 0) is 0 Å². The molecule has 0 unspecified atom stereocenters. The number of benzene rings is 2. The molecule has 1 aliphatic heterocycles. The Morgan fingerprint density at radius 2 is 2.00 bits per heavy atom. The molecule has 1 heterocycles. The highest BCUT2D eigenvalue weighted by atomic mass is 32.2. The molecule has 2 aromatic carbocycles. The van der Waals surface area contributed by atoms with Crippen molar-refractivity contribution in [2.75, 3.05) is 24.7 Å². The largest absolute Gasteiger partial charge is 0.495 e. The Kier molecular flexibility index (Phi) is 4.71. The number of thioether (sulfide) groups is 1. The molecule has 6 heteroatoms. The molecule has 1 saturated heterocycles. The number of carbonyl (C=O) groups is 1. The Hall–Kier alpha value is -2.21. The molecule has 0 spiro atoms. The molecule has 1 N–H and O–H groups in total. The van der Waals surface area contributed by atoms with Crippen molar-refractivity contribution in [2.24, 2.45) is 0 Å². The summed E-state index contributed by atoms with van der Waals surface area (Å²) >= 11 is 1.67. The topological polar surface area (TPSA) is 41.6 Å². The molecule has 2 amide bonds. The summed E-state index contributed by atoms with van der Waals surface area (Å²) in [6, 6.07) is 13.4. The molecule has 0 aromatic heterocycles. The lowest BCUT2D eigenvalue weighted by Gasteiger charge is -2.24. The Balaban J connectivity index is 1.77. The SMILES string of the molecule is COc1ccccc1NC(=O)N1CCS[C@H]1c1ccc(F)cc1. The summed E-state index contributed by atoms with van der Waals surface area (Å²) in [4.78, 5) is 14.4. The molecule has 0 saturated carbocycles. The fourth-order valence-corrected chi connectivity index (χ4v) is 3.77. The molecular weight excluding hydrogens is 315 g/mol. The number of para-hydroxylation sites is 2. The van der Waals surface area contributed by atoms with Crippen molar-refractivity contribution in [2.45, 2.75) is 5.37 Å². The first-order valence-electron chi connectivity index (χ1n) is 7.27. The van der Waals surface area contributed by atoms with E-state index in [1.165, 1.54) is 12.1 Å². The van der Waals surface area contributed by atoms with Crippen molar-refractivity contribution >= 4 is 23.5 Å². The number of halogens is 1. The molecule has 120 valence electrons. The van der Waals surface area contributed by atoms with E-state index in [-0.39, 0.29) is 17.2 Å². The van der Waals surface area contributed by atoms with Crippen LogP contribution in [0.5, 0.6) is 5.75 Å². The van der Waals surface area contributed by atoms with Gasteiger partial charge in [-0.15, -0.1) is 11.8 Å². The van der Waals surface area contributed by atoms with Gasteiger partial charge in [0.1, 0.15) is 16.9 Å². The number of rotatable bonds is 3. The number of nitrogens with one attached hydrogen (secondary N) is 1. The highest BCUT2D eigenvalue weighted by molar-refractivity contribution is 7.99. The second kappa shape index (κ2) is 6.91. The van der Waals surface area contributed by atoms with E-state index in [0.29, 0.717) is 18.0 Å². The van der Waals surface area contributed by atoms with Crippen LogP contribution in [0.3, 0.4) is 0 Å². The minimum absolute atomic E-state index is 0.106. The Bertz CT molecular complexity index is 693. The Morgan fingerprint density at radius 3 is 2.74 bits per heavy atom. The molecule has 1 fully saturated rings. The molecule has 0 aliphatic carbocycles. The van der Waals surface area contributed by atoms with E-state index in [4.69, 9.17) is 4.74 Å². The van der Waals surface area contributed by atoms with E-state index in [9.17, 15) is 9.18 Å². The number of amides is 2. The van der Waals surface area contributed by atoms with Crippen LogP contribution in [0.2, 0.25) is 0 Å². The van der Waals surface area contributed by atoms with E-state index in [0.717, 1.165) is 11.3 Å². The van der Waals surface area contributed by atoms with Gasteiger partial charge in [0.25, 0.3) is 0 Å². The van der Waals surface area contributed by atoms with Gasteiger partial charge in [0.2, 0.25) is 0 Å². The quantitative estimate of drug-likeness (QED) is 0.919. The van der Waals surface area contributed by atoms with Crippen LogP contribution in [-0.4, -0.2) is 30.3 Å². The molecule has 1 atom stereocenters. The van der Waals surface area contributed by atoms with Gasteiger partial charge in [0.15, 0.2) is 0 Å². The van der Waals surface area contributed by atoms with Crippen molar-refractivity contribution in [1.29, 1.82) is 0 Å². The van der Waals surface area contributed by atoms with Crippen molar-refractivity contribution in [3.05, 3.63) is 59.9 Å². The van der Waals surface area contributed by atoms with Gasteiger partial charge in [-0.3, -0.25) is 0 Å². The number of hydrogen-bond donors (Lipinski definition) is 1. The van der Waals surface area contributed by atoms with E-state index < -0.39 is 0 Å². The minimum atomic E-state index is -0.276. The minimum Gasteiger partial charge on any atom is -0.495 e. The van der Waals surface area contributed by atoms with E-state index >= 15 is 0 Å². The zero-order valence-electron chi connectivity index (χ0n) is 12.7. The summed E-state index contributed by atoms with van der Waals surface area (Å²) in [5, 5.41) is 2.78. The van der Waals surface area contributed by atoms with Crippen LogP contribution < -0.4 is 10.1 Å². The Labute approximate surface area is 138 Å². The maximum absolute atomic E-state index is 13.1. The first kappa shape index (κ1) is 15.7. The molecular formula is C17H17FN2O2S. The van der Waals surface area contributed by atoms with E-state index in [2.05, 4.69) is 5.32 Å². The maximum Gasteiger partial charge on any atom is 0.323 e. The van der Waals surface area contributed by atoms with E-state index in [1.54, 1.807) is 48.0 Å². The van der Waals surface area contributed by atoms with Gasteiger partial charge < -0.3 is 15.0 Å². The van der Waals surface area contributed by atoms with Crippen LogP contribution in [0, 0.1) is 5.82 Å². The molecule has 3 rings (SSSR count). The standard InChI is InChI=1S/C17H17FN2O2S/c1-22-15-5-3-2-4-14(15)19-17(21)20-10-11-23-16(20)12-6-8-13(18)9-7-12/h2-9,16H,10-11H2,1H3,(H,19,21)/t16-/m0/s1. The molecule has 2 aromatic rings. The molecule has 23 heavy (non-hydrogen) atoms. The summed E-state index contributed by atoms with van der Waals surface area (Å²) in [5.74, 6) is 1.19. The number of hydrogen-bond acceptors (Lipinski definition) is 3. The number of nitrogens with zero attached hydrogens (tertiary/aromatic N) is 1. The monoisotopic (exact) mass is 332 g/mol. The van der Waals surface area contributed by atoms with Crippen LogP contribution in [0.15, 0.2) is 48.5 Å². The van der Waals surface area contributed by atoms with Crippen LogP contribution in [0.1, 0.15) is 10.9 Å². The maximum atomic E-state index is 13.1. The molecule has 1 aliphatic rings. The summed E-state index contributed by atoms with van der Waals surface area (Å²) in [5.41, 5.74) is 1.55. The second-order valence-electron chi connectivity index (χ2n) is 5.10. The normalized spacial score (nSPS) is 17.1. The average molecular weight is 332 g/mol. The predicted octanol–water partition coefficient (Wildman–Crippen LogP) is 4.11. The molecule has 0 bridgehead atoms. The third kappa shape index (κ3) is 3.42. The number of ether oxygens (including phenoxy) is 1. The van der Waals surface area contributed by atoms with Crippen LogP contribution >= 0.6 is 11.8 Å². The average Bonchev–Trinajstić information content (AvgIpc) is 3.06. The van der Waals surface area contributed by atoms with Crippen molar-refractivity contribution in [3.63, 3.8) is 0 Å². The highest BCUT2D eigenvalue weighted by Crippen LogP contribution is 2.38. The third-order valence-electron chi connectivity index (χ3n) is 3.66. The molecule has 0 radical (unpaired) electrons. The summed E-state index contributed by atoms with van der Waals surface area (Å²) < 4.78 is 18.3. The van der Waals surface area contributed by atoms with Crippen molar-refractivity contribution in [1.82, 2.24) is 4.90 Å². The van der Waals surface area contributed by atoms with Crippen LogP contribution in [0.25, 0.3) is 0 Å². The number of carbonyl (C=O) groups excluding carboxylic acids is 1.